The Labute approximate surface area is 159 Å². The van der Waals surface area contributed by atoms with Gasteiger partial charge in [0.25, 0.3) is 10.2 Å². The number of primary amides is 1. The molecule has 2 saturated heterocycles. The van der Waals surface area contributed by atoms with Gasteiger partial charge in [-0.25, -0.2) is 0 Å². The Hall–Kier alpha value is -1.56. The number of carbonyl (C=O) groups is 3. The SMILES string of the molecule is C[C@@H](CCC(=O)N[C@H]1CCCN(S(=O)(=O)N2CCOCC2)CC1=O)C(N)=O. The molecule has 2 rings (SSSR count). The zero-order valence-corrected chi connectivity index (χ0v) is 16.4. The number of ketones is 1. The number of nitrogens with two attached hydrogens (primary N) is 1. The number of nitrogens with one attached hydrogen (secondary N) is 1. The van der Waals surface area contributed by atoms with Gasteiger partial charge in [0, 0.05) is 32.0 Å². The third kappa shape index (κ3) is 5.96. The summed E-state index contributed by atoms with van der Waals surface area (Å²) in [5.41, 5.74) is 5.17. The largest absolute Gasteiger partial charge is 0.379 e. The first-order valence-corrected chi connectivity index (χ1v) is 10.6. The van der Waals surface area contributed by atoms with Crippen LogP contribution in [-0.4, -0.2) is 80.1 Å². The van der Waals surface area contributed by atoms with Crippen molar-refractivity contribution in [3.8, 4) is 0 Å². The van der Waals surface area contributed by atoms with Gasteiger partial charge in [-0.3, -0.25) is 14.4 Å². The van der Waals surface area contributed by atoms with E-state index in [4.69, 9.17) is 10.5 Å². The van der Waals surface area contributed by atoms with Crippen LogP contribution in [0.2, 0.25) is 0 Å². The Morgan fingerprint density at radius 2 is 1.93 bits per heavy atom. The van der Waals surface area contributed by atoms with E-state index in [1.807, 2.05) is 0 Å². The summed E-state index contributed by atoms with van der Waals surface area (Å²) < 4.78 is 33.1. The molecule has 154 valence electrons. The second kappa shape index (κ2) is 9.58. The topological polar surface area (TPSA) is 139 Å². The van der Waals surface area contributed by atoms with Gasteiger partial charge in [0.15, 0.2) is 5.78 Å². The van der Waals surface area contributed by atoms with Crippen LogP contribution in [0.4, 0.5) is 0 Å². The van der Waals surface area contributed by atoms with Crippen LogP contribution in [0.25, 0.3) is 0 Å². The Kier molecular flexibility index (Phi) is 7.71. The molecular formula is C16H28N4O6S. The molecule has 2 fully saturated rings. The molecule has 2 aliphatic rings. The molecule has 0 bridgehead atoms. The van der Waals surface area contributed by atoms with Crippen molar-refractivity contribution < 1.29 is 27.5 Å². The normalized spacial score (nSPS) is 24.2. The van der Waals surface area contributed by atoms with E-state index in [2.05, 4.69) is 5.32 Å². The third-order valence-corrected chi connectivity index (χ3v) is 6.85. The van der Waals surface area contributed by atoms with E-state index in [0.29, 0.717) is 32.5 Å². The average molecular weight is 404 g/mol. The van der Waals surface area contributed by atoms with Crippen molar-refractivity contribution >= 4 is 27.8 Å². The smallest absolute Gasteiger partial charge is 0.282 e. The lowest BCUT2D eigenvalue weighted by atomic mass is 10.0. The van der Waals surface area contributed by atoms with E-state index in [9.17, 15) is 22.8 Å². The fourth-order valence-electron chi connectivity index (χ4n) is 3.04. The van der Waals surface area contributed by atoms with Gasteiger partial charge in [-0.2, -0.15) is 17.0 Å². The van der Waals surface area contributed by atoms with E-state index in [-0.39, 0.29) is 44.3 Å². The van der Waals surface area contributed by atoms with Crippen LogP contribution >= 0.6 is 0 Å². The molecule has 0 aromatic rings. The van der Waals surface area contributed by atoms with Crippen molar-refractivity contribution in [3.05, 3.63) is 0 Å². The van der Waals surface area contributed by atoms with Crippen molar-refractivity contribution in [3.63, 3.8) is 0 Å². The maximum absolute atomic E-state index is 12.7. The van der Waals surface area contributed by atoms with E-state index >= 15 is 0 Å². The quantitative estimate of drug-likeness (QED) is 0.536. The molecule has 11 heteroatoms. The number of hydrogen-bond donors (Lipinski definition) is 2. The Morgan fingerprint density at radius 3 is 2.56 bits per heavy atom. The zero-order chi connectivity index (χ0) is 20.0. The summed E-state index contributed by atoms with van der Waals surface area (Å²) in [6.45, 7) is 2.82. The fraction of sp³-hybridized carbons (Fsp3) is 0.812. The van der Waals surface area contributed by atoms with E-state index in [0.717, 1.165) is 0 Å². The molecular weight excluding hydrogens is 376 g/mol. The second-order valence-electron chi connectivity index (χ2n) is 6.92. The van der Waals surface area contributed by atoms with Crippen LogP contribution in [0.3, 0.4) is 0 Å². The summed E-state index contributed by atoms with van der Waals surface area (Å²) in [5, 5.41) is 2.66. The van der Waals surface area contributed by atoms with Crippen molar-refractivity contribution in [1.82, 2.24) is 13.9 Å². The molecule has 0 unspecified atom stereocenters. The number of morpholine rings is 1. The van der Waals surface area contributed by atoms with Gasteiger partial charge in [-0.15, -0.1) is 0 Å². The molecule has 0 spiro atoms. The highest BCUT2D eigenvalue weighted by molar-refractivity contribution is 7.86. The lowest BCUT2D eigenvalue weighted by molar-refractivity contribution is -0.128. The lowest BCUT2D eigenvalue weighted by Gasteiger charge is -2.31. The van der Waals surface area contributed by atoms with Gasteiger partial charge in [0.1, 0.15) is 0 Å². The summed E-state index contributed by atoms with van der Waals surface area (Å²) in [5.74, 6) is -1.57. The molecule has 0 aromatic carbocycles. The molecule has 2 heterocycles. The summed E-state index contributed by atoms with van der Waals surface area (Å²) in [6.07, 6.45) is 1.24. The summed E-state index contributed by atoms with van der Waals surface area (Å²) >= 11 is 0. The molecule has 3 N–H and O–H groups in total. The molecule has 10 nitrogen and oxygen atoms in total. The summed E-state index contributed by atoms with van der Waals surface area (Å²) in [6, 6.07) is -0.716. The standard InChI is InChI=1S/C16H28N4O6S/c1-12(16(17)23)4-5-15(22)18-13-3-2-6-20(11-14(13)21)27(24,25)19-7-9-26-10-8-19/h12-13H,2-11H2,1H3,(H2,17,23)(H,18,22)/t12-,13-/m0/s1. The number of ether oxygens (including phenoxy) is 1. The predicted octanol–water partition coefficient (Wildman–Crippen LogP) is -1.39. The van der Waals surface area contributed by atoms with E-state index in [1.165, 1.54) is 8.61 Å². The number of amides is 2. The van der Waals surface area contributed by atoms with Crippen LogP contribution < -0.4 is 11.1 Å². The van der Waals surface area contributed by atoms with Gasteiger partial charge in [-0.05, 0) is 19.3 Å². The number of nitrogens with zero attached hydrogens (tertiary/aromatic N) is 2. The maximum atomic E-state index is 12.7. The Morgan fingerprint density at radius 1 is 1.26 bits per heavy atom. The van der Waals surface area contributed by atoms with E-state index < -0.39 is 28.1 Å². The monoisotopic (exact) mass is 404 g/mol. The predicted molar refractivity (Wildman–Crippen MR) is 96.6 cm³/mol. The van der Waals surface area contributed by atoms with Gasteiger partial charge < -0.3 is 15.8 Å². The lowest BCUT2D eigenvalue weighted by Crippen LogP contribution is -2.51. The van der Waals surface area contributed by atoms with Crippen LogP contribution in [0.15, 0.2) is 0 Å². The van der Waals surface area contributed by atoms with Crippen LogP contribution in [0.5, 0.6) is 0 Å². The first-order chi connectivity index (χ1) is 12.7. The van der Waals surface area contributed by atoms with Crippen molar-refractivity contribution in [2.75, 3.05) is 39.4 Å². The molecule has 0 aliphatic carbocycles. The molecule has 2 aliphatic heterocycles. The van der Waals surface area contributed by atoms with Gasteiger partial charge >= 0.3 is 0 Å². The van der Waals surface area contributed by atoms with E-state index in [1.54, 1.807) is 6.92 Å². The second-order valence-corrected chi connectivity index (χ2v) is 8.85. The number of rotatable bonds is 7. The molecule has 0 radical (unpaired) electrons. The number of carbonyl (C=O) groups excluding carboxylic acids is 3. The highest BCUT2D eigenvalue weighted by atomic mass is 32.2. The van der Waals surface area contributed by atoms with Crippen LogP contribution in [-0.2, 0) is 29.3 Å². The molecule has 0 aromatic heterocycles. The average Bonchev–Trinajstić information content (AvgIpc) is 2.82. The first kappa shape index (κ1) is 21.7. The number of hydrogen-bond acceptors (Lipinski definition) is 6. The summed E-state index contributed by atoms with van der Waals surface area (Å²) in [4.78, 5) is 35.6. The number of Topliss-reactive ketones (excluding diaryl/α,β-unsaturated/α-hetero) is 1. The van der Waals surface area contributed by atoms with Crippen molar-refractivity contribution in [2.45, 2.75) is 38.6 Å². The molecule has 0 saturated carbocycles. The minimum atomic E-state index is -3.72. The fourth-order valence-corrected chi connectivity index (χ4v) is 4.63. The molecule has 2 atom stereocenters. The van der Waals surface area contributed by atoms with Crippen molar-refractivity contribution in [2.24, 2.45) is 11.7 Å². The highest BCUT2D eigenvalue weighted by Gasteiger charge is 2.36. The molecule has 27 heavy (non-hydrogen) atoms. The van der Waals surface area contributed by atoms with Crippen LogP contribution in [0.1, 0.15) is 32.6 Å². The Balaban J connectivity index is 1.91. The van der Waals surface area contributed by atoms with Crippen molar-refractivity contribution in [1.29, 1.82) is 0 Å². The highest BCUT2D eigenvalue weighted by Crippen LogP contribution is 2.17. The zero-order valence-electron chi connectivity index (χ0n) is 15.6. The Bertz CT molecular complexity index is 662. The minimum Gasteiger partial charge on any atom is -0.379 e. The maximum Gasteiger partial charge on any atom is 0.282 e. The van der Waals surface area contributed by atoms with Gasteiger partial charge in [0.05, 0.1) is 25.8 Å². The third-order valence-electron chi connectivity index (χ3n) is 4.87. The van der Waals surface area contributed by atoms with Gasteiger partial charge in [0.2, 0.25) is 11.8 Å². The summed E-state index contributed by atoms with van der Waals surface area (Å²) in [7, 11) is -3.72. The van der Waals surface area contributed by atoms with Gasteiger partial charge in [-0.1, -0.05) is 6.92 Å². The minimum absolute atomic E-state index is 0.0870. The van der Waals surface area contributed by atoms with Crippen LogP contribution in [0, 0.1) is 5.92 Å². The first-order valence-electron chi connectivity index (χ1n) is 9.16. The molecule has 2 amide bonds.